The van der Waals surface area contributed by atoms with Gasteiger partial charge in [-0.3, -0.25) is 0 Å². The van der Waals surface area contributed by atoms with Gasteiger partial charge >= 0.3 is 5.97 Å². The molecule has 0 atom stereocenters. The molecule has 7 heteroatoms. The quantitative estimate of drug-likeness (QED) is 0.296. The second-order valence-electron chi connectivity index (χ2n) is 6.92. The van der Waals surface area contributed by atoms with Crippen LogP contribution in [0.15, 0.2) is 83.3 Å². The molecule has 0 aliphatic carbocycles. The smallest absolute Gasteiger partial charge is 0.354 e. The van der Waals surface area contributed by atoms with Crippen LogP contribution in [0.5, 0.6) is 5.75 Å². The van der Waals surface area contributed by atoms with Crippen LogP contribution in [0.3, 0.4) is 0 Å². The highest BCUT2D eigenvalue weighted by Crippen LogP contribution is 2.39. The fraction of sp³-hybridized carbons (Fsp3) is 0.0400. The van der Waals surface area contributed by atoms with Crippen LogP contribution in [-0.4, -0.2) is 16.1 Å². The topological polar surface area (TPSA) is 59.4 Å². The van der Waals surface area contributed by atoms with Crippen LogP contribution in [0.4, 0.5) is 4.39 Å². The van der Waals surface area contributed by atoms with Gasteiger partial charge in [0.1, 0.15) is 23.9 Å². The van der Waals surface area contributed by atoms with E-state index in [2.05, 4.69) is 20.9 Å². The van der Waals surface area contributed by atoms with Gasteiger partial charge in [0.2, 0.25) is 0 Å². The third-order valence-electron chi connectivity index (χ3n) is 4.80. The average Bonchev–Trinajstić information content (AvgIpc) is 2.79. The van der Waals surface area contributed by atoms with Crippen LogP contribution in [0, 0.1) is 5.82 Å². The molecule has 0 fully saturated rings. The van der Waals surface area contributed by atoms with Crippen molar-refractivity contribution in [2.75, 3.05) is 0 Å². The number of nitrogens with zero attached hydrogens (tertiary/aromatic N) is 1. The lowest BCUT2D eigenvalue weighted by molar-refractivity contribution is 0.0690. The van der Waals surface area contributed by atoms with E-state index in [0.717, 1.165) is 21.2 Å². The van der Waals surface area contributed by atoms with E-state index in [9.17, 15) is 14.3 Å². The first-order chi connectivity index (χ1) is 15.4. The largest absolute Gasteiger partial charge is 0.488 e. The lowest BCUT2D eigenvalue weighted by atomic mass is 9.96. The van der Waals surface area contributed by atoms with Gasteiger partial charge in [0.25, 0.3) is 0 Å². The maximum Gasteiger partial charge on any atom is 0.354 e. The van der Waals surface area contributed by atoms with Gasteiger partial charge in [-0.25, -0.2) is 14.2 Å². The van der Waals surface area contributed by atoms with Gasteiger partial charge in [0.15, 0.2) is 0 Å². The summed E-state index contributed by atoms with van der Waals surface area (Å²) in [5, 5.41) is 9.61. The van der Waals surface area contributed by atoms with Crippen molar-refractivity contribution in [1.29, 1.82) is 0 Å². The summed E-state index contributed by atoms with van der Waals surface area (Å²) < 4.78 is 20.3. The van der Waals surface area contributed by atoms with Gasteiger partial charge in [0.05, 0.1) is 10.7 Å². The summed E-state index contributed by atoms with van der Waals surface area (Å²) in [5.74, 6) is -0.907. The number of rotatable bonds is 6. The van der Waals surface area contributed by atoms with E-state index in [4.69, 9.17) is 16.3 Å². The van der Waals surface area contributed by atoms with Crippen LogP contribution in [0.1, 0.15) is 16.1 Å². The van der Waals surface area contributed by atoms with E-state index in [1.165, 1.54) is 18.2 Å². The van der Waals surface area contributed by atoms with E-state index in [1.54, 1.807) is 18.2 Å². The van der Waals surface area contributed by atoms with Gasteiger partial charge in [-0.2, -0.15) is 0 Å². The fourth-order valence-electron chi connectivity index (χ4n) is 3.28. The Kier molecular flexibility index (Phi) is 6.53. The molecule has 0 bridgehead atoms. The third-order valence-corrected chi connectivity index (χ3v) is 5.65. The van der Waals surface area contributed by atoms with Crippen molar-refractivity contribution in [2.45, 2.75) is 6.61 Å². The van der Waals surface area contributed by atoms with Crippen molar-refractivity contribution in [3.05, 3.63) is 105 Å². The maximum absolute atomic E-state index is 13.4. The Balaban J connectivity index is 1.75. The minimum Gasteiger partial charge on any atom is -0.488 e. The Morgan fingerprint density at radius 2 is 1.75 bits per heavy atom. The molecule has 0 aliphatic heterocycles. The van der Waals surface area contributed by atoms with Crippen molar-refractivity contribution >= 4 is 33.5 Å². The molecule has 0 aliphatic rings. The number of hydrogen-bond donors (Lipinski definition) is 1. The highest BCUT2D eigenvalue weighted by atomic mass is 79.9. The molecular formula is C25H16BrClFNO3. The fourth-order valence-corrected chi connectivity index (χ4v) is 3.86. The summed E-state index contributed by atoms with van der Waals surface area (Å²) in [4.78, 5) is 15.7. The summed E-state index contributed by atoms with van der Waals surface area (Å²) in [6.45, 7) is 0.155. The minimum absolute atomic E-state index is 0.0334. The van der Waals surface area contributed by atoms with E-state index in [-0.39, 0.29) is 12.3 Å². The van der Waals surface area contributed by atoms with Gasteiger partial charge in [-0.15, -0.1) is 0 Å². The highest BCUT2D eigenvalue weighted by Gasteiger charge is 2.15. The minimum atomic E-state index is -1.09. The molecule has 160 valence electrons. The summed E-state index contributed by atoms with van der Waals surface area (Å²) in [6.07, 6.45) is 0. The Bertz CT molecular complexity index is 1310. The summed E-state index contributed by atoms with van der Waals surface area (Å²) in [6, 6.07) is 22.2. The van der Waals surface area contributed by atoms with Crippen LogP contribution in [-0.2, 0) is 6.61 Å². The van der Waals surface area contributed by atoms with Crippen LogP contribution >= 0.6 is 27.5 Å². The number of carboxylic acid groups (broad SMARTS) is 1. The van der Waals surface area contributed by atoms with Gasteiger partial charge in [-0.1, -0.05) is 63.9 Å². The first kappa shape index (κ1) is 22.0. The van der Waals surface area contributed by atoms with E-state index in [0.29, 0.717) is 22.0 Å². The maximum atomic E-state index is 13.4. The van der Waals surface area contributed by atoms with Gasteiger partial charge in [0, 0.05) is 21.2 Å². The summed E-state index contributed by atoms with van der Waals surface area (Å²) >= 11 is 9.65. The first-order valence-electron chi connectivity index (χ1n) is 9.59. The Morgan fingerprint density at radius 1 is 0.969 bits per heavy atom. The molecule has 4 aromatic rings. The molecule has 32 heavy (non-hydrogen) atoms. The van der Waals surface area contributed by atoms with E-state index in [1.807, 2.05) is 42.5 Å². The summed E-state index contributed by atoms with van der Waals surface area (Å²) in [5.41, 5.74) is 3.53. The van der Waals surface area contributed by atoms with Crippen molar-refractivity contribution < 1.29 is 19.0 Å². The molecule has 0 saturated heterocycles. The van der Waals surface area contributed by atoms with Crippen molar-refractivity contribution in [3.8, 4) is 28.1 Å². The molecule has 0 spiro atoms. The van der Waals surface area contributed by atoms with Gasteiger partial charge in [-0.05, 0) is 48.0 Å². The van der Waals surface area contributed by atoms with E-state index >= 15 is 0 Å². The van der Waals surface area contributed by atoms with Crippen molar-refractivity contribution in [2.24, 2.45) is 0 Å². The van der Waals surface area contributed by atoms with Crippen molar-refractivity contribution in [1.82, 2.24) is 4.98 Å². The molecule has 3 aromatic carbocycles. The van der Waals surface area contributed by atoms with E-state index < -0.39 is 11.8 Å². The Labute approximate surface area is 197 Å². The van der Waals surface area contributed by atoms with Crippen LogP contribution in [0.25, 0.3) is 22.4 Å². The number of hydrogen-bond acceptors (Lipinski definition) is 3. The predicted octanol–water partition coefficient (Wildman–Crippen LogP) is 7.25. The second kappa shape index (κ2) is 9.51. The number of aromatic nitrogens is 1. The predicted molar refractivity (Wildman–Crippen MR) is 126 cm³/mol. The molecule has 0 unspecified atom stereocenters. The second-order valence-corrected chi connectivity index (χ2v) is 8.25. The molecule has 1 heterocycles. The molecular weight excluding hydrogens is 497 g/mol. The Morgan fingerprint density at radius 3 is 2.50 bits per heavy atom. The zero-order valence-corrected chi connectivity index (χ0v) is 18.9. The third kappa shape index (κ3) is 4.82. The number of benzene rings is 3. The van der Waals surface area contributed by atoms with Gasteiger partial charge < -0.3 is 9.84 Å². The molecule has 0 radical (unpaired) electrons. The molecule has 0 amide bonds. The van der Waals surface area contributed by atoms with Crippen LogP contribution in [0.2, 0.25) is 5.02 Å². The normalized spacial score (nSPS) is 10.7. The monoisotopic (exact) mass is 511 g/mol. The number of halogens is 3. The summed E-state index contributed by atoms with van der Waals surface area (Å²) in [7, 11) is 0. The van der Waals surface area contributed by atoms with Crippen molar-refractivity contribution in [3.63, 3.8) is 0 Å². The number of carboxylic acids is 1. The molecule has 1 N–H and O–H groups in total. The zero-order valence-electron chi connectivity index (χ0n) is 16.6. The zero-order chi connectivity index (χ0) is 22.7. The first-order valence-corrected chi connectivity index (χ1v) is 10.8. The molecule has 4 nitrogen and oxygen atoms in total. The molecule has 4 rings (SSSR count). The standard InChI is InChI=1S/C25H16BrClFNO3/c26-16-9-11-24(32-14-15-8-10-17(28)13-21(15)27)20(12-16)18-4-1-2-5-19(18)22-6-3-7-23(29-22)25(30)31/h1-13H,14H2,(H,30,31). The number of aromatic carboxylic acids is 1. The van der Waals surface area contributed by atoms with Crippen LogP contribution < -0.4 is 4.74 Å². The number of pyridine rings is 1. The lowest BCUT2D eigenvalue weighted by Gasteiger charge is -2.16. The Hall–Kier alpha value is -3.22. The number of carbonyl (C=O) groups is 1. The average molecular weight is 513 g/mol. The highest BCUT2D eigenvalue weighted by molar-refractivity contribution is 9.10. The number of ether oxygens (including phenoxy) is 1. The molecule has 0 saturated carbocycles. The lowest BCUT2D eigenvalue weighted by Crippen LogP contribution is -2.01. The molecule has 1 aromatic heterocycles. The SMILES string of the molecule is O=C(O)c1cccc(-c2ccccc2-c2cc(Br)ccc2OCc2ccc(F)cc2Cl)n1.